The molecule has 0 aliphatic heterocycles. The molecule has 5 heteroatoms. The minimum atomic E-state index is -3.30. The minimum absolute atomic E-state index is 0.314. The molecule has 0 spiro atoms. The fourth-order valence-corrected chi connectivity index (χ4v) is 5.23. The molecule has 146 valence electrons. The van der Waals surface area contributed by atoms with Gasteiger partial charge in [0, 0.05) is 0 Å². The van der Waals surface area contributed by atoms with Gasteiger partial charge in [-0.15, -0.1) is 0 Å². The van der Waals surface area contributed by atoms with E-state index in [1.165, 1.54) is 13.8 Å². The standard InChI is InChI=1S/C19H41O4P/c1-7-11-13-17(9-3)15-22-24(21,23-19(5,6)20)16-18(10-4)14-12-8-2/h17-18,20H,7-16H2,1-6H3. The van der Waals surface area contributed by atoms with Gasteiger partial charge in [-0.25, -0.2) is 0 Å². The molecule has 1 N–H and O–H groups in total. The Balaban J connectivity index is 4.89. The Morgan fingerprint density at radius 3 is 1.88 bits per heavy atom. The van der Waals surface area contributed by atoms with Gasteiger partial charge >= 0.3 is 7.60 Å². The van der Waals surface area contributed by atoms with Crippen LogP contribution in [0.4, 0.5) is 0 Å². The lowest BCUT2D eigenvalue weighted by Crippen LogP contribution is -2.25. The predicted octanol–water partition coefficient (Wildman–Crippen LogP) is 6.37. The molecule has 0 amide bonds. The highest BCUT2D eigenvalue weighted by atomic mass is 31.2. The average Bonchev–Trinajstić information content (AvgIpc) is 2.50. The van der Waals surface area contributed by atoms with Gasteiger partial charge in [0.1, 0.15) is 0 Å². The summed E-state index contributed by atoms with van der Waals surface area (Å²) < 4.78 is 24.6. The SMILES string of the molecule is CCCCC(CC)COP(=O)(CC(CC)CCCC)OC(C)(C)O. The lowest BCUT2D eigenvalue weighted by molar-refractivity contribution is -0.113. The summed E-state index contributed by atoms with van der Waals surface area (Å²) in [6.07, 6.45) is 9.04. The Labute approximate surface area is 150 Å². The molecule has 0 aromatic heterocycles. The second-order valence-corrected chi connectivity index (χ2v) is 9.49. The van der Waals surface area contributed by atoms with Crippen LogP contribution >= 0.6 is 7.60 Å². The van der Waals surface area contributed by atoms with Crippen LogP contribution in [0.5, 0.6) is 0 Å². The smallest absolute Gasteiger partial charge is 0.333 e. The van der Waals surface area contributed by atoms with Crippen molar-refractivity contribution in [1.29, 1.82) is 0 Å². The van der Waals surface area contributed by atoms with Gasteiger partial charge in [-0.3, -0.25) is 9.09 Å². The van der Waals surface area contributed by atoms with E-state index in [4.69, 9.17) is 9.05 Å². The first-order valence-electron chi connectivity index (χ1n) is 9.86. The molecule has 0 heterocycles. The van der Waals surface area contributed by atoms with Crippen LogP contribution in [0.3, 0.4) is 0 Å². The Morgan fingerprint density at radius 2 is 1.46 bits per heavy atom. The van der Waals surface area contributed by atoms with Crippen molar-refractivity contribution >= 4 is 7.60 Å². The van der Waals surface area contributed by atoms with Crippen LogP contribution < -0.4 is 0 Å². The van der Waals surface area contributed by atoms with E-state index in [0.29, 0.717) is 24.6 Å². The first kappa shape index (κ1) is 24.1. The van der Waals surface area contributed by atoms with E-state index in [1.54, 1.807) is 0 Å². The van der Waals surface area contributed by atoms with Crippen LogP contribution in [-0.2, 0) is 13.6 Å². The molecule has 0 radical (unpaired) electrons. The third-order valence-electron chi connectivity index (χ3n) is 4.44. The topological polar surface area (TPSA) is 55.8 Å². The predicted molar refractivity (Wildman–Crippen MR) is 102 cm³/mol. The van der Waals surface area contributed by atoms with Gasteiger partial charge in [0.25, 0.3) is 0 Å². The summed E-state index contributed by atoms with van der Waals surface area (Å²) in [6, 6.07) is 0. The summed E-state index contributed by atoms with van der Waals surface area (Å²) in [6.45, 7) is 12.1. The van der Waals surface area contributed by atoms with Crippen LogP contribution in [0.25, 0.3) is 0 Å². The second kappa shape index (κ2) is 12.5. The zero-order chi connectivity index (χ0) is 18.6. The van der Waals surface area contributed by atoms with Crippen molar-refractivity contribution in [3.05, 3.63) is 0 Å². The van der Waals surface area contributed by atoms with E-state index in [2.05, 4.69) is 27.7 Å². The van der Waals surface area contributed by atoms with Gasteiger partial charge in [0.2, 0.25) is 0 Å². The number of unbranched alkanes of at least 4 members (excludes halogenated alkanes) is 2. The summed E-state index contributed by atoms with van der Waals surface area (Å²) >= 11 is 0. The monoisotopic (exact) mass is 364 g/mol. The first-order chi connectivity index (χ1) is 11.2. The Kier molecular flexibility index (Phi) is 12.5. The highest BCUT2D eigenvalue weighted by Gasteiger charge is 2.34. The average molecular weight is 365 g/mol. The fourth-order valence-electron chi connectivity index (χ4n) is 2.81. The Morgan fingerprint density at radius 1 is 0.958 bits per heavy atom. The maximum absolute atomic E-state index is 13.3. The van der Waals surface area contributed by atoms with Crippen LogP contribution in [0.15, 0.2) is 0 Å². The molecule has 0 aliphatic rings. The number of hydrogen-bond donors (Lipinski definition) is 1. The van der Waals surface area contributed by atoms with E-state index < -0.39 is 13.4 Å². The lowest BCUT2D eigenvalue weighted by Gasteiger charge is -2.29. The fraction of sp³-hybridized carbons (Fsp3) is 1.00. The highest BCUT2D eigenvalue weighted by molar-refractivity contribution is 7.53. The van der Waals surface area contributed by atoms with Crippen molar-refractivity contribution in [2.75, 3.05) is 12.8 Å². The number of aliphatic hydroxyl groups is 1. The van der Waals surface area contributed by atoms with Crippen molar-refractivity contribution in [2.24, 2.45) is 11.8 Å². The third kappa shape index (κ3) is 11.6. The molecule has 0 fully saturated rings. The molecule has 0 rings (SSSR count). The second-order valence-electron chi connectivity index (χ2n) is 7.46. The van der Waals surface area contributed by atoms with Crippen molar-refractivity contribution in [1.82, 2.24) is 0 Å². The third-order valence-corrected chi connectivity index (χ3v) is 6.67. The number of hydrogen-bond acceptors (Lipinski definition) is 4. The van der Waals surface area contributed by atoms with Crippen LogP contribution in [0, 0.1) is 11.8 Å². The molecule has 0 aromatic rings. The molecule has 0 aromatic carbocycles. The maximum Gasteiger partial charge on any atom is 0.333 e. The Hall–Kier alpha value is 0.110. The van der Waals surface area contributed by atoms with Crippen molar-refractivity contribution in [2.45, 2.75) is 98.7 Å². The van der Waals surface area contributed by atoms with E-state index in [1.807, 2.05) is 0 Å². The normalized spacial score (nSPS) is 17.5. The molecular weight excluding hydrogens is 323 g/mol. The molecule has 3 unspecified atom stereocenters. The molecule has 24 heavy (non-hydrogen) atoms. The van der Waals surface area contributed by atoms with Crippen molar-refractivity contribution in [3.8, 4) is 0 Å². The first-order valence-corrected chi connectivity index (χ1v) is 11.6. The minimum Gasteiger partial charge on any atom is -0.365 e. The molecular formula is C19H41O4P. The van der Waals surface area contributed by atoms with Crippen LogP contribution in [0.1, 0.15) is 92.9 Å². The van der Waals surface area contributed by atoms with Crippen molar-refractivity contribution in [3.63, 3.8) is 0 Å². The molecule has 3 atom stereocenters. The highest BCUT2D eigenvalue weighted by Crippen LogP contribution is 2.53. The van der Waals surface area contributed by atoms with Gasteiger partial charge in [-0.05, 0) is 38.5 Å². The summed E-state index contributed by atoms with van der Waals surface area (Å²) in [5, 5.41) is 10.0. The van der Waals surface area contributed by atoms with Crippen molar-refractivity contribution < 1.29 is 18.7 Å². The zero-order valence-corrected chi connectivity index (χ0v) is 17.7. The van der Waals surface area contributed by atoms with Gasteiger partial charge < -0.3 is 9.63 Å². The summed E-state index contributed by atoms with van der Waals surface area (Å²) in [5.74, 6) is -0.725. The van der Waals surface area contributed by atoms with Gasteiger partial charge in [-0.2, -0.15) is 0 Å². The zero-order valence-electron chi connectivity index (χ0n) is 16.8. The van der Waals surface area contributed by atoms with Gasteiger partial charge in [-0.1, -0.05) is 66.2 Å². The van der Waals surface area contributed by atoms with E-state index in [0.717, 1.165) is 51.4 Å². The summed E-state index contributed by atoms with van der Waals surface area (Å²) in [5.41, 5.74) is 0. The summed E-state index contributed by atoms with van der Waals surface area (Å²) in [4.78, 5) is 0. The van der Waals surface area contributed by atoms with Crippen LogP contribution in [-0.4, -0.2) is 23.7 Å². The molecule has 0 saturated carbocycles. The Bertz CT molecular complexity index is 352. The lowest BCUT2D eigenvalue weighted by atomic mass is 10.0. The quantitative estimate of drug-likeness (QED) is 0.271. The van der Waals surface area contributed by atoms with Crippen LogP contribution in [0.2, 0.25) is 0 Å². The van der Waals surface area contributed by atoms with E-state index >= 15 is 0 Å². The molecule has 0 saturated heterocycles. The summed E-state index contributed by atoms with van der Waals surface area (Å²) in [7, 11) is -3.30. The number of rotatable bonds is 15. The van der Waals surface area contributed by atoms with Gasteiger partial charge in [0.05, 0.1) is 12.8 Å². The van der Waals surface area contributed by atoms with Gasteiger partial charge in [0.15, 0.2) is 5.79 Å². The maximum atomic E-state index is 13.3. The molecule has 4 nitrogen and oxygen atoms in total. The van der Waals surface area contributed by atoms with E-state index in [-0.39, 0.29) is 0 Å². The molecule has 0 bridgehead atoms. The largest absolute Gasteiger partial charge is 0.365 e. The molecule has 0 aliphatic carbocycles. The van der Waals surface area contributed by atoms with E-state index in [9.17, 15) is 9.67 Å².